The number of hydrogen-bond acceptors (Lipinski definition) is 3. The third kappa shape index (κ3) is 2.37. The van der Waals surface area contributed by atoms with E-state index in [1.165, 1.54) is 17.4 Å². The highest BCUT2D eigenvalue weighted by molar-refractivity contribution is 9.10. The second-order valence-electron chi connectivity index (χ2n) is 3.38. The van der Waals surface area contributed by atoms with Gasteiger partial charge < -0.3 is 11.1 Å². The molecule has 94 valence electrons. The van der Waals surface area contributed by atoms with Gasteiger partial charge in [-0.2, -0.15) is 0 Å². The van der Waals surface area contributed by atoms with Crippen molar-refractivity contribution in [3.05, 3.63) is 44.6 Å². The molecule has 0 aliphatic carbocycles. The lowest BCUT2D eigenvalue weighted by molar-refractivity contribution is 0.102. The zero-order valence-electron chi connectivity index (χ0n) is 8.84. The van der Waals surface area contributed by atoms with E-state index in [2.05, 4.69) is 21.2 Å². The summed E-state index contributed by atoms with van der Waals surface area (Å²) in [6, 6.07) is 3.78. The molecule has 1 aromatic heterocycles. The number of rotatable bonds is 2. The van der Waals surface area contributed by atoms with E-state index in [0.29, 0.717) is 9.35 Å². The fourth-order valence-electron chi connectivity index (χ4n) is 1.32. The molecule has 0 fully saturated rings. The molecule has 2 rings (SSSR count). The minimum Gasteiger partial charge on any atom is -0.397 e. The molecular formula is C11H7BrF2N2OS. The Morgan fingerprint density at radius 3 is 2.67 bits per heavy atom. The van der Waals surface area contributed by atoms with Crippen molar-refractivity contribution >= 4 is 44.5 Å². The molecule has 1 amide bonds. The molecule has 7 heteroatoms. The molecule has 1 aromatic carbocycles. The van der Waals surface area contributed by atoms with Crippen LogP contribution in [0.3, 0.4) is 0 Å². The van der Waals surface area contributed by atoms with Gasteiger partial charge >= 0.3 is 0 Å². The van der Waals surface area contributed by atoms with E-state index in [1.807, 2.05) is 0 Å². The summed E-state index contributed by atoms with van der Waals surface area (Å²) >= 11 is 4.36. The molecule has 2 aromatic rings. The normalized spacial score (nSPS) is 10.4. The summed E-state index contributed by atoms with van der Waals surface area (Å²) in [5, 5.41) is 3.96. The molecule has 0 saturated heterocycles. The summed E-state index contributed by atoms with van der Waals surface area (Å²) in [4.78, 5) is 12.2. The maximum Gasteiger partial charge on any atom is 0.267 e. The first-order valence-electron chi connectivity index (χ1n) is 4.78. The van der Waals surface area contributed by atoms with Gasteiger partial charge in [-0.25, -0.2) is 8.78 Å². The van der Waals surface area contributed by atoms with E-state index in [9.17, 15) is 13.6 Å². The Morgan fingerprint density at radius 1 is 1.33 bits per heavy atom. The number of hydrogen-bond donors (Lipinski definition) is 2. The number of nitrogen functional groups attached to an aromatic ring is 1. The first kappa shape index (κ1) is 13.0. The molecule has 1 heterocycles. The molecule has 0 saturated carbocycles. The zero-order chi connectivity index (χ0) is 13.3. The maximum absolute atomic E-state index is 13.5. The summed E-state index contributed by atoms with van der Waals surface area (Å²) in [6.45, 7) is 0. The lowest BCUT2D eigenvalue weighted by Crippen LogP contribution is -2.14. The SMILES string of the molecule is Nc1ccc(F)c(F)c1NC(=O)c1sccc1Br. The quantitative estimate of drug-likeness (QED) is 0.825. The van der Waals surface area contributed by atoms with Crippen molar-refractivity contribution in [3.8, 4) is 0 Å². The van der Waals surface area contributed by atoms with Crippen LogP contribution in [0.1, 0.15) is 9.67 Å². The highest BCUT2D eigenvalue weighted by Gasteiger charge is 2.17. The van der Waals surface area contributed by atoms with E-state index in [-0.39, 0.29) is 11.4 Å². The van der Waals surface area contributed by atoms with Crippen LogP contribution in [0.15, 0.2) is 28.1 Å². The summed E-state index contributed by atoms with van der Waals surface area (Å²) in [6.07, 6.45) is 0. The van der Waals surface area contributed by atoms with Gasteiger partial charge in [-0.1, -0.05) is 0 Å². The molecule has 18 heavy (non-hydrogen) atoms. The minimum atomic E-state index is -1.17. The van der Waals surface area contributed by atoms with Crippen molar-refractivity contribution in [1.82, 2.24) is 0 Å². The van der Waals surface area contributed by atoms with Gasteiger partial charge in [0.1, 0.15) is 10.6 Å². The Bertz CT molecular complexity index is 615. The monoisotopic (exact) mass is 332 g/mol. The molecule has 3 nitrogen and oxygen atoms in total. The highest BCUT2D eigenvalue weighted by Crippen LogP contribution is 2.28. The van der Waals surface area contributed by atoms with Crippen LogP contribution < -0.4 is 11.1 Å². The van der Waals surface area contributed by atoms with Gasteiger partial charge in [-0.15, -0.1) is 11.3 Å². The van der Waals surface area contributed by atoms with Gasteiger partial charge in [0.25, 0.3) is 5.91 Å². The number of nitrogens with two attached hydrogens (primary N) is 1. The number of anilines is 2. The van der Waals surface area contributed by atoms with Gasteiger partial charge in [0, 0.05) is 4.47 Å². The lowest BCUT2D eigenvalue weighted by Gasteiger charge is -2.09. The summed E-state index contributed by atoms with van der Waals surface area (Å²) in [7, 11) is 0. The summed E-state index contributed by atoms with van der Waals surface area (Å²) in [5.74, 6) is -2.78. The van der Waals surface area contributed by atoms with Gasteiger partial charge in [0.2, 0.25) is 0 Å². The first-order valence-corrected chi connectivity index (χ1v) is 6.45. The Balaban J connectivity index is 2.33. The van der Waals surface area contributed by atoms with E-state index in [4.69, 9.17) is 5.73 Å². The molecule has 0 spiro atoms. The van der Waals surface area contributed by atoms with Crippen LogP contribution in [-0.4, -0.2) is 5.91 Å². The number of thiophene rings is 1. The predicted octanol–water partition coefficient (Wildman–Crippen LogP) is 3.62. The fourth-order valence-corrected chi connectivity index (χ4v) is 2.77. The van der Waals surface area contributed by atoms with Crippen LogP contribution in [0.2, 0.25) is 0 Å². The molecular weight excluding hydrogens is 326 g/mol. The first-order chi connectivity index (χ1) is 8.50. The van der Waals surface area contributed by atoms with Crippen LogP contribution in [0.4, 0.5) is 20.2 Å². The van der Waals surface area contributed by atoms with E-state index in [0.717, 1.165) is 6.07 Å². The third-order valence-corrected chi connectivity index (χ3v) is 4.03. The van der Waals surface area contributed by atoms with Gasteiger partial charge in [-0.3, -0.25) is 4.79 Å². The third-order valence-electron chi connectivity index (χ3n) is 2.19. The molecule has 0 unspecified atom stereocenters. The van der Waals surface area contributed by atoms with E-state index < -0.39 is 17.5 Å². The standard InChI is InChI=1S/C11H7BrF2N2OS/c12-5-3-4-18-10(5)11(17)16-9-7(15)2-1-6(13)8(9)14/h1-4H,15H2,(H,16,17). The number of halogens is 3. The van der Waals surface area contributed by atoms with Gasteiger partial charge in [0.15, 0.2) is 11.6 Å². The molecule has 0 atom stereocenters. The second kappa shape index (κ2) is 5.03. The molecule has 0 aliphatic rings. The average Bonchev–Trinajstić information content (AvgIpc) is 2.76. The van der Waals surface area contributed by atoms with E-state index in [1.54, 1.807) is 11.4 Å². The lowest BCUT2D eigenvalue weighted by atomic mass is 10.2. The highest BCUT2D eigenvalue weighted by atomic mass is 79.9. The Hall–Kier alpha value is -1.47. The minimum absolute atomic E-state index is 0.0325. The number of carbonyl (C=O) groups is 1. The zero-order valence-corrected chi connectivity index (χ0v) is 11.2. The topological polar surface area (TPSA) is 55.1 Å². The van der Waals surface area contributed by atoms with Crippen LogP contribution in [0.25, 0.3) is 0 Å². The fraction of sp³-hybridized carbons (Fsp3) is 0. The van der Waals surface area contributed by atoms with Crippen LogP contribution in [0, 0.1) is 11.6 Å². The van der Waals surface area contributed by atoms with Gasteiger partial charge in [0.05, 0.1) is 5.69 Å². The molecule has 0 bridgehead atoms. The number of benzene rings is 1. The maximum atomic E-state index is 13.5. The van der Waals surface area contributed by atoms with Crippen LogP contribution in [-0.2, 0) is 0 Å². The van der Waals surface area contributed by atoms with Gasteiger partial charge in [-0.05, 0) is 39.5 Å². The predicted molar refractivity (Wildman–Crippen MR) is 70.7 cm³/mol. The summed E-state index contributed by atoms with van der Waals surface area (Å²) in [5.41, 5.74) is 5.12. The number of amides is 1. The molecule has 3 N–H and O–H groups in total. The van der Waals surface area contributed by atoms with E-state index >= 15 is 0 Å². The number of nitrogens with one attached hydrogen (secondary N) is 1. The molecule has 0 aliphatic heterocycles. The second-order valence-corrected chi connectivity index (χ2v) is 5.15. The van der Waals surface area contributed by atoms with Crippen molar-refractivity contribution < 1.29 is 13.6 Å². The smallest absolute Gasteiger partial charge is 0.267 e. The Morgan fingerprint density at radius 2 is 2.06 bits per heavy atom. The van der Waals surface area contributed by atoms with Crippen molar-refractivity contribution in [3.63, 3.8) is 0 Å². The summed E-state index contributed by atoms with van der Waals surface area (Å²) < 4.78 is 27.1. The van der Waals surface area contributed by atoms with Crippen molar-refractivity contribution in [1.29, 1.82) is 0 Å². The average molecular weight is 333 g/mol. The molecule has 0 radical (unpaired) electrons. The Labute approximate surface area is 114 Å². The van der Waals surface area contributed by atoms with Crippen molar-refractivity contribution in [2.75, 3.05) is 11.1 Å². The Kier molecular flexibility index (Phi) is 3.63. The van der Waals surface area contributed by atoms with Crippen molar-refractivity contribution in [2.45, 2.75) is 0 Å². The van der Waals surface area contributed by atoms with Crippen LogP contribution >= 0.6 is 27.3 Å². The number of carbonyl (C=O) groups excluding carboxylic acids is 1. The van der Waals surface area contributed by atoms with Crippen molar-refractivity contribution in [2.24, 2.45) is 0 Å². The van der Waals surface area contributed by atoms with Crippen LogP contribution in [0.5, 0.6) is 0 Å². The largest absolute Gasteiger partial charge is 0.397 e.